The summed E-state index contributed by atoms with van der Waals surface area (Å²) in [7, 11) is 0. The van der Waals surface area contributed by atoms with Gasteiger partial charge in [-0.1, -0.05) is 6.42 Å². The maximum Gasteiger partial charge on any atom is 0.228 e. The number of aromatic nitrogens is 1. The first-order valence-corrected chi connectivity index (χ1v) is 6.42. The molecule has 100 valence electrons. The Kier molecular flexibility index (Phi) is 3.43. The van der Waals surface area contributed by atoms with Crippen LogP contribution in [0, 0.1) is 12.3 Å². The highest BCUT2D eigenvalue weighted by atomic mass is 16.4. The summed E-state index contributed by atoms with van der Waals surface area (Å²) in [5, 5.41) is 2.95. The Hall–Kier alpha value is -1.36. The summed E-state index contributed by atoms with van der Waals surface area (Å²) in [6.45, 7) is 5.64. The van der Waals surface area contributed by atoms with E-state index in [4.69, 9.17) is 10.2 Å². The van der Waals surface area contributed by atoms with Gasteiger partial charge in [0.15, 0.2) is 0 Å². The molecule has 0 saturated heterocycles. The van der Waals surface area contributed by atoms with E-state index in [1.807, 2.05) is 20.8 Å². The fourth-order valence-electron chi connectivity index (χ4n) is 2.47. The van der Waals surface area contributed by atoms with Crippen molar-refractivity contribution >= 4 is 5.91 Å². The van der Waals surface area contributed by atoms with E-state index in [1.165, 1.54) is 0 Å². The number of nitrogens with one attached hydrogen (secondary N) is 1. The van der Waals surface area contributed by atoms with Gasteiger partial charge in [-0.15, -0.1) is 0 Å². The van der Waals surface area contributed by atoms with Crippen molar-refractivity contribution in [3.05, 3.63) is 17.8 Å². The maximum absolute atomic E-state index is 12.3. The molecule has 1 aliphatic rings. The maximum atomic E-state index is 12.3. The number of aryl methyl sites for hydroxylation is 1. The van der Waals surface area contributed by atoms with Crippen molar-refractivity contribution in [2.45, 2.75) is 52.1 Å². The van der Waals surface area contributed by atoms with Crippen LogP contribution in [-0.2, 0) is 4.79 Å². The highest BCUT2D eigenvalue weighted by molar-refractivity contribution is 5.83. The van der Waals surface area contributed by atoms with Gasteiger partial charge in [0.1, 0.15) is 11.8 Å². The van der Waals surface area contributed by atoms with Gasteiger partial charge >= 0.3 is 0 Å². The van der Waals surface area contributed by atoms with Crippen LogP contribution in [0.5, 0.6) is 0 Å². The molecule has 1 amide bonds. The zero-order valence-electron chi connectivity index (χ0n) is 11.2. The quantitative estimate of drug-likeness (QED) is 0.856. The predicted octanol–water partition coefficient (Wildman–Crippen LogP) is 1.68. The number of carbonyl (C=O) groups excluding carboxylic acids is 1. The average Bonchev–Trinajstić information content (AvgIpc) is 2.87. The summed E-state index contributed by atoms with van der Waals surface area (Å²) in [5.74, 6) is 1.28. The highest BCUT2D eigenvalue weighted by Crippen LogP contribution is 2.37. The fourth-order valence-corrected chi connectivity index (χ4v) is 2.47. The van der Waals surface area contributed by atoms with E-state index in [-0.39, 0.29) is 18.0 Å². The van der Waals surface area contributed by atoms with E-state index in [1.54, 1.807) is 6.20 Å². The van der Waals surface area contributed by atoms with Crippen LogP contribution in [0.15, 0.2) is 10.6 Å². The van der Waals surface area contributed by atoms with E-state index >= 15 is 0 Å². The van der Waals surface area contributed by atoms with Gasteiger partial charge in [0.2, 0.25) is 11.8 Å². The van der Waals surface area contributed by atoms with Crippen molar-refractivity contribution in [3.63, 3.8) is 0 Å². The van der Waals surface area contributed by atoms with Crippen LogP contribution in [0.25, 0.3) is 0 Å². The van der Waals surface area contributed by atoms with Crippen molar-refractivity contribution in [3.8, 4) is 0 Å². The summed E-state index contributed by atoms with van der Waals surface area (Å²) >= 11 is 0. The monoisotopic (exact) mass is 251 g/mol. The molecular weight excluding hydrogens is 230 g/mol. The molecule has 1 fully saturated rings. The number of hydrogen-bond acceptors (Lipinski definition) is 4. The van der Waals surface area contributed by atoms with Gasteiger partial charge in [-0.25, -0.2) is 4.98 Å². The molecule has 3 unspecified atom stereocenters. The SMILES string of the molecule is Cc1cnc(C(C)NC(=O)C2(C)CCCC2N)o1. The Morgan fingerprint density at radius 3 is 2.94 bits per heavy atom. The number of amides is 1. The summed E-state index contributed by atoms with van der Waals surface area (Å²) in [6, 6.07) is -0.285. The molecule has 3 N–H and O–H groups in total. The third-order valence-corrected chi connectivity index (χ3v) is 3.91. The lowest BCUT2D eigenvalue weighted by atomic mass is 9.84. The minimum atomic E-state index is -0.462. The molecule has 2 rings (SSSR count). The Morgan fingerprint density at radius 2 is 2.44 bits per heavy atom. The molecule has 18 heavy (non-hydrogen) atoms. The lowest BCUT2D eigenvalue weighted by molar-refractivity contribution is -0.131. The summed E-state index contributed by atoms with van der Waals surface area (Å²) < 4.78 is 5.41. The van der Waals surface area contributed by atoms with Crippen LogP contribution in [0.2, 0.25) is 0 Å². The van der Waals surface area contributed by atoms with Crippen LogP contribution in [0.4, 0.5) is 0 Å². The summed E-state index contributed by atoms with van der Waals surface area (Å²) in [4.78, 5) is 16.4. The molecule has 0 bridgehead atoms. The largest absolute Gasteiger partial charge is 0.444 e. The first-order valence-electron chi connectivity index (χ1n) is 6.42. The lowest BCUT2D eigenvalue weighted by Crippen LogP contribution is -2.47. The zero-order valence-corrected chi connectivity index (χ0v) is 11.2. The van der Waals surface area contributed by atoms with E-state index < -0.39 is 5.41 Å². The number of rotatable bonds is 3. The van der Waals surface area contributed by atoms with E-state index in [9.17, 15) is 4.79 Å². The Morgan fingerprint density at radius 1 is 1.72 bits per heavy atom. The molecule has 1 heterocycles. The van der Waals surface area contributed by atoms with Gasteiger partial charge in [0.05, 0.1) is 11.6 Å². The molecular formula is C13H21N3O2. The van der Waals surface area contributed by atoms with Crippen molar-refractivity contribution in [2.24, 2.45) is 11.1 Å². The normalized spacial score (nSPS) is 29.2. The number of oxazole rings is 1. The van der Waals surface area contributed by atoms with Crippen LogP contribution >= 0.6 is 0 Å². The molecule has 1 aromatic rings. The van der Waals surface area contributed by atoms with Crippen molar-refractivity contribution in [1.29, 1.82) is 0 Å². The second-order valence-corrected chi connectivity index (χ2v) is 5.42. The second kappa shape index (κ2) is 4.72. The van der Waals surface area contributed by atoms with Crippen molar-refractivity contribution in [2.75, 3.05) is 0 Å². The summed E-state index contributed by atoms with van der Waals surface area (Å²) in [6.07, 6.45) is 4.42. The van der Waals surface area contributed by atoms with Crippen molar-refractivity contribution < 1.29 is 9.21 Å². The molecule has 1 saturated carbocycles. The Balaban J connectivity index is 2.03. The van der Waals surface area contributed by atoms with Gasteiger partial charge in [0.25, 0.3) is 0 Å². The number of nitrogens with zero attached hydrogens (tertiary/aromatic N) is 1. The molecule has 1 aliphatic carbocycles. The molecule has 0 radical (unpaired) electrons. The molecule has 0 aliphatic heterocycles. The number of carbonyl (C=O) groups is 1. The molecule has 5 heteroatoms. The van der Waals surface area contributed by atoms with E-state index in [0.717, 1.165) is 25.0 Å². The van der Waals surface area contributed by atoms with Gasteiger partial charge in [-0.05, 0) is 33.6 Å². The Labute approximate surface area is 107 Å². The molecule has 1 aromatic heterocycles. The van der Waals surface area contributed by atoms with Crippen molar-refractivity contribution in [1.82, 2.24) is 10.3 Å². The molecule has 5 nitrogen and oxygen atoms in total. The average molecular weight is 251 g/mol. The van der Waals surface area contributed by atoms with Crippen LogP contribution in [0.1, 0.15) is 50.8 Å². The van der Waals surface area contributed by atoms with Gasteiger partial charge in [-0.2, -0.15) is 0 Å². The topological polar surface area (TPSA) is 81.2 Å². The van der Waals surface area contributed by atoms with Crippen LogP contribution < -0.4 is 11.1 Å². The minimum absolute atomic E-state index is 0.00384. The third kappa shape index (κ3) is 2.27. The van der Waals surface area contributed by atoms with Gasteiger partial charge in [0, 0.05) is 6.04 Å². The molecule has 0 aromatic carbocycles. The Bertz CT molecular complexity index is 443. The molecule has 3 atom stereocenters. The number of hydrogen-bond donors (Lipinski definition) is 2. The smallest absolute Gasteiger partial charge is 0.228 e. The third-order valence-electron chi connectivity index (χ3n) is 3.91. The fraction of sp³-hybridized carbons (Fsp3) is 0.692. The van der Waals surface area contributed by atoms with Gasteiger partial charge in [-0.3, -0.25) is 4.79 Å². The zero-order chi connectivity index (χ0) is 13.3. The predicted molar refractivity (Wildman–Crippen MR) is 67.7 cm³/mol. The first-order chi connectivity index (χ1) is 8.43. The summed E-state index contributed by atoms with van der Waals surface area (Å²) in [5.41, 5.74) is 5.57. The highest BCUT2D eigenvalue weighted by Gasteiger charge is 2.43. The van der Waals surface area contributed by atoms with Crippen LogP contribution in [-0.4, -0.2) is 16.9 Å². The van der Waals surface area contributed by atoms with E-state index in [0.29, 0.717) is 5.89 Å². The van der Waals surface area contributed by atoms with Crippen LogP contribution in [0.3, 0.4) is 0 Å². The lowest BCUT2D eigenvalue weighted by Gasteiger charge is -2.28. The second-order valence-electron chi connectivity index (χ2n) is 5.42. The van der Waals surface area contributed by atoms with E-state index in [2.05, 4.69) is 10.3 Å². The standard InChI is InChI=1S/C13H21N3O2/c1-8-7-15-11(18-8)9(2)16-12(17)13(3)6-4-5-10(13)14/h7,9-10H,4-6,14H2,1-3H3,(H,16,17). The first kappa shape index (κ1) is 13.1. The van der Waals surface area contributed by atoms with Gasteiger partial charge < -0.3 is 15.5 Å². The molecule has 0 spiro atoms. The minimum Gasteiger partial charge on any atom is -0.444 e. The number of nitrogens with two attached hydrogens (primary N) is 1.